The molecule has 1 saturated carbocycles. The van der Waals surface area contributed by atoms with Gasteiger partial charge in [-0.3, -0.25) is 4.79 Å². The smallest absolute Gasteiger partial charge is 0.227 e. The van der Waals surface area contributed by atoms with Crippen LogP contribution in [0.2, 0.25) is 0 Å². The largest absolute Gasteiger partial charge is 0.490 e. The van der Waals surface area contributed by atoms with Gasteiger partial charge >= 0.3 is 0 Å². The monoisotopic (exact) mass is 975 g/mol. The predicted molar refractivity (Wildman–Crippen MR) is 194 cm³/mol. The van der Waals surface area contributed by atoms with Gasteiger partial charge < -0.3 is 4.74 Å². The highest BCUT2D eigenvalue weighted by molar-refractivity contribution is 7.20. The first kappa shape index (κ1) is 49.8. The van der Waals surface area contributed by atoms with E-state index in [0.29, 0.717) is 12.6 Å². The van der Waals surface area contributed by atoms with Crippen LogP contribution in [0.3, 0.4) is 0 Å². The number of hydrogen-bond donors (Lipinski definition) is 0. The number of benzene rings is 5. The van der Waals surface area contributed by atoms with E-state index in [1.54, 1.807) is 0 Å². The van der Waals surface area contributed by atoms with Gasteiger partial charge in [-0.2, -0.15) is 4.57 Å². The van der Waals surface area contributed by atoms with Gasteiger partial charge in [0.2, 0.25) is 12.3 Å². The molecule has 1 fully saturated rings. The molecule has 7 rings (SSSR count). The molecule has 0 amide bonds. The third-order valence-corrected chi connectivity index (χ3v) is 10.8. The maximum absolute atomic E-state index is 15.4. The van der Waals surface area contributed by atoms with Crippen LogP contribution in [0.25, 0.3) is 0 Å². The van der Waals surface area contributed by atoms with Crippen LogP contribution in [0.1, 0.15) is 42.5 Å². The molecule has 5 aromatic carbocycles. The van der Waals surface area contributed by atoms with E-state index in [9.17, 15) is 57.5 Å². The van der Waals surface area contributed by atoms with Crippen molar-refractivity contribution in [2.75, 3.05) is 0 Å². The molecular formula is C43H22BF20NO2. The van der Waals surface area contributed by atoms with Gasteiger partial charge in [-0.1, -0.05) is 12.5 Å². The highest BCUT2D eigenvalue weighted by Gasteiger charge is 2.52. The summed E-state index contributed by atoms with van der Waals surface area (Å²) in [5.41, 5.74) is -13.6. The maximum atomic E-state index is 15.4. The summed E-state index contributed by atoms with van der Waals surface area (Å²) in [7, 11) is 0. The average molecular weight is 975 g/mol. The normalized spacial score (nSPS) is 13.1. The SMILES string of the molecule is Fc1c(F)c(F)c([B-](c2c(F)c(F)c(F)c(F)c2F)(c2c(F)c(F)c(F)c(F)c2F)c2c(F)c(F)c(F)c(F)c2F)c(F)c1F.O=C(C[n+]1ccccc1)c1ccc(OC2CCCCC2)cc1. The first-order chi connectivity index (χ1) is 31.5. The minimum absolute atomic E-state index is 0.111. The molecule has 0 aliphatic heterocycles. The van der Waals surface area contributed by atoms with E-state index in [-0.39, 0.29) is 5.78 Å². The van der Waals surface area contributed by atoms with Gasteiger partial charge in [0, 0.05) is 17.7 Å². The van der Waals surface area contributed by atoms with Gasteiger partial charge in [0.1, 0.15) is 58.4 Å². The lowest BCUT2D eigenvalue weighted by molar-refractivity contribution is -0.683. The van der Waals surface area contributed by atoms with E-state index in [4.69, 9.17) is 4.74 Å². The summed E-state index contributed by atoms with van der Waals surface area (Å²) in [6.45, 7) is 0.365. The summed E-state index contributed by atoms with van der Waals surface area (Å²) in [5.74, 6) is -70.4. The minimum atomic E-state index is -7.22. The zero-order chi connectivity index (χ0) is 49.6. The molecule has 0 N–H and O–H groups in total. The molecule has 354 valence electrons. The number of aromatic nitrogens is 1. The third-order valence-electron chi connectivity index (χ3n) is 10.8. The Kier molecular flexibility index (Phi) is 14.4. The van der Waals surface area contributed by atoms with Crippen LogP contribution in [0, 0.1) is 116 Å². The van der Waals surface area contributed by atoms with Crippen molar-refractivity contribution in [1.29, 1.82) is 0 Å². The first-order valence-electron chi connectivity index (χ1n) is 19.0. The Morgan fingerprint density at radius 3 is 1.00 bits per heavy atom. The number of rotatable bonds is 9. The summed E-state index contributed by atoms with van der Waals surface area (Å²) >= 11 is 0. The van der Waals surface area contributed by atoms with Crippen molar-refractivity contribution in [3.8, 4) is 5.75 Å². The van der Waals surface area contributed by atoms with E-state index >= 15 is 35.1 Å². The Balaban J connectivity index is 0.000000279. The molecule has 0 bridgehead atoms. The van der Waals surface area contributed by atoms with Crippen molar-refractivity contribution in [2.24, 2.45) is 0 Å². The van der Waals surface area contributed by atoms with E-state index in [2.05, 4.69) is 0 Å². The molecule has 0 unspecified atom stereocenters. The van der Waals surface area contributed by atoms with Gasteiger partial charge in [-0.05, 0) is 49.9 Å². The van der Waals surface area contributed by atoms with Crippen molar-refractivity contribution in [1.82, 2.24) is 0 Å². The lowest BCUT2D eigenvalue weighted by atomic mass is 9.12. The lowest BCUT2D eigenvalue weighted by Crippen LogP contribution is -2.81. The highest BCUT2D eigenvalue weighted by atomic mass is 19.2. The second-order valence-corrected chi connectivity index (χ2v) is 14.7. The number of carbonyl (C=O) groups is 1. The fraction of sp³-hybridized carbons (Fsp3) is 0.163. The Labute approximate surface area is 362 Å². The van der Waals surface area contributed by atoms with Gasteiger partial charge in [0.15, 0.2) is 82.2 Å². The number of pyridine rings is 1. The highest BCUT2D eigenvalue weighted by Crippen LogP contribution is 2.31. The fourth-order valence-corrected chi connectivity index (χ4v) is 7.77. The molecular weight excluding hydrogens is 953 g/mol. The predicted octanol–water partition coefficient (Wildman–Crippen LogP) is 9.41. The molecule has 1 aromatic heterocycles. The van der Waals surface area contributed by atoms with Crippen LogP contribution in [0.5, 0.6) is 5.75 Å². The number of ether oxygens (including phenoxy) is 1. The van der Waals surface area contributed by atoms with Crippen molar-refractivity contribution in [2.45, 2.75) is 44.8 Å². The number of ketones is 1. The number of Topliss-reactive ketones (excluding diaryl/α,β-unsaturated/α-hetero) is 1. The van der Waals surface area contributed by atoms with Crippen molar-refractivity contribution in [3.63, 3.8) is 0 Å². The molecule has 3 nitrogen and oxygen atoms in total. The summed E-state index contributed by atoms with van der Waals surface area (Å²) in [5, 5.41) is 0. The zero-order valence-corrected chi connectivity index (χ0v) is 32.9. The molecule has 67 heavy (non-hydrogen) atoms. The molecule has 1 aliphatic carbocycles. The molecule has 1 aliphatic rings. The van der Waals surface area contributed by atoms with Crippen LogP contribution in [0.4, 0.5) is 87.8 Å². The molecule has 0 atom stereocenters. The maximum Gasteiger partial charge on any atom is 0.227 e. The molecule has 0 radical (unpaired) electrons. The van der Waals surface area contributed by atoms with Gasteiger partial charge in [-0.15, -0.1) is 21.9 Å². The number of hydrogen-bond acceptors (Lipinski definition) is 2. The van der Waals surface area contributed by atoms with Crippen molar-refractivity contribution in [3.05, 3.63) is 177 Å². The number of nitrogens with zero attached hydrogens (tertiary/aromatic N) is 1. The van der Waals surface area contributed by atoms with Gasteiger partial charge in [0.05, 0.1) is 6.10 Å². The van der Waals surface area contributed by atoms with Crippen LogP contribution in [-0.4, -0.2) is 18.0 Å². The summed E-state index contributed by atoms with van der Waals surface area (Å²) < 4.78 is 302. The second kappa shape index (κ2) is 19.3. The Bertz CT molecular complexity index is 2530. The fourth-order valence-electron chi connectivity index (χ4n) is 7.77. The molecule has 6 aromatic rings. The van der Waals surface area contributed by atoms with E-state index in [0.717, 1.165) is 24.2 Å². The first-order valence-corrected chi connectivity index (χ1v) is 19.0. The molecule has 0 spiro atoms. The summed E-state index contributed by atoms with van der Waals surface area (Å²) in [4.78, 5) is 12.3. The van der Waals surface area contributed by atoms with Gasteiger partial charge in [0.25, 0.3) is 0 Å². The molecule has 24 heteroatoms. The van der Waals surface area contributed by atoms with Crippen LogP contribution >= 0.6 is 0 Å². The average Bonchev–Trinajstić information content (AvgIpc) is 3.32. The quantitative estimate of drug-likeness (QED) is 0.0362. The molecule has 1 heterocycles. The minimum Gasteiger partial charge on any atom is -0.490 e. The Morgan fingerprint density at radius 1 is 0.418 bits per heavy atom. The summed E-state index contributed by atoms with van der Waals surface area (Å²) in [6, 6.07) is 13.4. The number of carbonyl (C=O) groups excluding carboxylic acids is 1. The van der Waals surface area contributed by atoms with E-state index < -0.39 is 144 Å². The third kappa shape index (κ3) is 8.53. The number of halogens is 20. The Hall–Kier alpha value is -6.62. The lowest BCUT2D eigenvalue weighted by Gasteiger charge is -2.44. The van der Waals surface area contributed by atoms with Crippen LogP contribution < -0.4 is 31.2 Å². The zero-order valence-electron chi connectivity index (χ0n) is 32.9. The van der Waals surface area contributed by atoms with E-state index in [1.807, 2.05) is 59.4 Å². The summed E-state index contributed by atoms with van der Waals surface area (Å²) in [6.07, 6.45) is 3.06. The Morgan fingerprint density at radius 2 is 0.701 bits per heavy atom. The van der Waals surface area contributed by atoms with Crippen molar-refractivity contribution < 1.29 is 102 Å². The second-order valence-electron chi connectivity index (χ2n) is 14.7. The van der Waals surface area contributed by atoms with Crippen LogP contribution in [0.15, 0.2) is 54.9 Å². The van der Waals surface area contributed by atoms with Crippen LogP contribution in [-0.2, 0) is 6.54 Å². The van der Waals surface area contributed by atoms with Gasteiger partial charge in [-0.25, -0.2) is 87.8 Å². The standard InChI is InChI=1S/C24BF20.C19H22NO2/c26-5-1(6(27)14(35)21(42)13(5)34)25(2-7(28)15(36)22(43)16(37)8(2)29,3-9(30)17(38)23(44)18(39)10(3)31)4-11(32)19(40)24(45)20(41)12(4)33;21-19(15-20-13-5-2-6-14-20)16-9-11-18(12-10-16)22-17-7-3-1-4-8-17/h;2,5-6,9-14,17H,1,3-4,7-8,15H2/q-1;+1. The molecule has 0 saturated heterocycles. The topological polar surface area (TPSA) is 30.2 Å². The van der Waals surface area contributed by atoms with Crippen molar-refractivity contribution >= 4 is 33.8 Å². The van der Waals surface area contributed by atoms with E-state index in [1.165, 1.54) is 19.3 Å².